The highest BCUT2D eigenvalue weighted by atomic mass is 17.0. The van der Waals surface area contributed by atoms with Gasteiger partial charge in [0.1, 0.15) is 13.2 Å². The highest BCUT2D eigenvalue weighted by Gasteiger charge is 2.31. The Labute approximate surface area is 107 Å². The quantitative estimate of drug-likeness (QED) is 0.317. The number of rotatable bonds is 11. The molecule has 0 aromatic heterocycles. The van der Waals surface area contributed by atoms with Crippen LogP contribution in [0.2, 0.25) is 0 Å². The topological polar surface area (TPSA) is 209 Å². The van der Waals surface area contributed by atoms with Gasteiger partial charge in [-0.05, 0) is 0 Å². The van der Waals surface area contributed by atoms with Crippen molar-refractivity contribution in [2.45, 2.75) is 12.2 Å². The van der Waals surface area contributed by atoms with Gasteiger partial charge in [-0.25, -0.2) is 0 Å². The molecule has 0 rings (SSSR count). The summed E-state index contributed by atoms with van der Waals surface area (Å²) in [5.74, 6) is 0. The van der Waals surface area contributed by atoms with Gasteiger partial charge in [-0.2, -0.15) is 0 Å². The molecule has 0 aromatic carbocycles. The lowest BCUT2D eigenvalue weighted by Crippen LogP contribution is -2.42. The van der Waals surface area contributed by atoms with E-state index in [1.54, 1.807) is 0 Å². The van der Waals surface area contributed by atoms with Gasteiger partial charge in [0.05, 0.1) is 0 Å². The van der Waals surface area contributed by atoms with E-state index in [4.69, 9.17) is 0 Å². The lowest BCUT2D eigenvalue weighted by atomic mass is 10.2. The molecule has 0 unspecified atom stereocenters. The fourth-order valence-electron chi connectivity index (χ4n) is 0.901. The first-order valence-corrected chi connectivity index (χ1v) is 4.39. The maximum absolute atomic E-state index is 10.1. The molecular weight excluding hydrogens is 296 g/mol. The molecular formula is C4H6N4O12. The first-order valence-electron chi connectivity index (χ1n) is 4.39. The fourth-order valence-corrected chi connectivity index (χ4v) is 0.901. The Kier molecular flexibility index (Phi) is 6.72. The van der Waals surface area contributed by atoms with Gasteiger partial charge in [-0.3, -0.25) is 0 Å². The SMILES string of the molecule is O=[N+]([O-])OC[C@@H](O[N+](=O)[O-])[C@@H](CO[N+](=O)[O-])O[N+](=O)[O-]. The Bertz CT molecular complexity index is 348. The average Bonchev–Trinajstić information content (AvgIpc) is 2.28. The molecule has 16 nitrogen and oxygen atoms in total. The maximum Gasteiger partial charge on any atom is 0.294 e. The Morgan fingerprint density at radius 3 is 1.15 bits per heavy atom. The molecule has 0 aliphatic rings. The summed E-state index contributed by atoms with van der Waals surface area (Å²) in [6.45, 7) is -2.29. The Morgan fingerprint density at radius 2 is 0.950 bits per heavy atom. The summed E-state index contributed by atoms with van der Waals surface area (Å²) in [7, 11) is 0. The van der Waals surface area contributed by atoms with Crippen LogP contribution in [0.1, 0.15) is 0 Å². The van der Waals surface area contributed by atoms with Gasteiger partial charge in [0.15, 0.2) is 12.2 Å². The lowest BCUT2D eigenvalue weighted by Gasteiger charge is -2.21. The molecule has 0 heterocycles. The summed E-state index contributed by atoms with van der Waals surface area (Å²) in [6.07, 6.45) is -4.00. The van der Waals surface area contributed by atoms with Crippen LogP contribution in [0, 0.1) is 40.5 Å². The van der Waals surface area contributed by atoms with Gasteiger partial charge in [-0.1, -0.05) is 0 Å². The zero-order valence-corrected chi connectivity index (χ0v) is 9.26. The third kappa shape index (κ3) is 7.97. The molecule has 16 heteroatoms. The van der Waals surface area contributed by atoms with Crippen molar-refractivity contribution in [1.82, 2.24) is 0 Å². The molecule has 0 radical (unpaired) electrons. The summed E-state index contributed by atoms with van der Waals surface area (Å²) in [5.41, 5.74) is 0. The van der Waals surface area contributed by atoms with Crippen LogP contribution in [-0.2, 0) is 19.4 Å². The molecule has 0 N–H and O–H groups in total. The third-order valence-corrected chi connectivity index (χ3v) is 1.55. The Balaban J connectivity index is 4.83. The normalized spacial score (nSPS) is 12.6. The summed E-state index contributed by atoms with van der Waals surface area (Å²) < 4.78 is 0. The smallest absolute Gasteiger partial charge is 0.294 e. The van der Waals surface area contributed by atoms with Crippen LogP contribution in [0.25, 0.3) is 0 Å². The van der Waals surface area contributed by atoms with E-state index in [9.17, 15) is 40.5 Å². The second-order valence-corrected chi connectivity index (χ2v) is 2.77. The molecule has 0 saturated carbocycles. The van der Waals surface area contributed by atoms with Crippen molar-refractivity contribution in [2.24, 2.45) is 0 Å². The molecule has 0 amide bonds. The van der Waals surface area contributed by atoms with E-state index in [1.807, 2.05) is 0 Å². The second-order valence-electron chi connectivity index (χ2n) is 2.77. The highest BCUT2D eigenvalue weighted by molar-refractivity contribution is 4.67. The van der Waals surface area contributed by atoms with Crippen LogP contribution in [-0.4, -0.2) is 45.8 Å². The van der Waals surface area contributed by atoms with Gasteiger partial charge in [0.2, 0.25) is 0 Å². The van der Waals surface area contributed by atoms with Crippen molar-refractivity contribution in [3.8, 4) is 0 Å². The van der Waals surface area contributed by atoms with E-state index in [1.165, 1.54) is 0 Å². The van der Waals surface area contributed by atoms with E-state index in [0.717, 1.165) is 0 Å². The van der Waals surface area contributed by atoms with Crippen molar-refractivity contribution >= 4 is 0 Å². The minimum Gasteiger partial charge on any atom is -0.311 e. The maximum atomic E-state index is 10.1. The van der Waals surface area contributed by atoms with E-state index in [0.29, 0.717) is 0 Å². The zero-order valence-electron chi connectivity index (χ0n) is 9.26. The number of hydrogen-bond donors (Lipinski definition) is 0. The minimum atomic E-state index is -2.00. The summed E-state index contributed by atoms with van der Waals surface area (Å²) in [4.78, 5) is 55.4. The fraction of sp³-hybridized carbons (Fsp3) is 1.00. The van der Waals surface area contributed by atoms with Gasteiger partial charge in [0.25, 0.3) is 20.3 Å². The first-order chi connectivity index (χ1) is 9.22. The second kappa shape index (κ2) is 8.00. The number of nitrogens with zero attached hydrogens (tertiary/aromatic N) is 4. The molecule has 0 saturated heterocycles. The van der Waals surface area contributed by atoms with E-state index >= 15 is 0 Å². The van der Waals surface area contributed by atoms with E-state index in [2.05, 4.69) is 19.4 Å². The van der Waals surface area contributed by atoms with Crippen molar-refractivity contribution in [2.75, 3.05) is 13.2 Å². The summed E-state index contributed by atoms with van der Waals surface area (Å²) in [5, 5.41) is 34.6. The van der Waals surface area contributed by atoms with Gasteiger partial charge in [-0.15, -0.1) is 40.5 Å². The Hall–Kier alpha value is -3.20. The van der Waals surface area contributed by atoms with Gasteiger partial charge in [0, 0.05) is 0 Å². The van der Waals surface area contributed by atoms with Crippen molar-refractivity contribution < 1.29 is 39.7 Å². The monoisotopic (exact) mass is 302 g/mol. The van der Waals surface area contributed by atoms with Crippen molar-refractivity contribution in [3.63, 3.8) is 0 Å². The van der Waals surface area contributed by atoms with E-state index in [-0.39, 0.29) is 0 Å². The van der Waals surface area contributed by atoms with Gasteiger partial charge < -0.3 is 19.4 Å². The molecule has 0 fully saturated rings. The minimum absolute atomic E-state index is 1.15. The number of hydrogen-bond acceptors (Lipinski definition) is 12. The van der Waals surface area contributed by atoms with Crippen LogP contribution in [0.5, 0.6) is 0 Å². The van der Waals surface area contributed by atoms with Crippen LogP contribution in [0.4, 0.5) is 0 Å². The van der Waals surface area contributed by atoms with Gasteiger partial charge >= 0.3 is 0 Å². The first kappa shape index (κ1) is 16.8. The highest BCUT2D eigenvalue weighted by Crippen LogP contribution is 2.08. The van der Waals surface area contributed by atoms with Crippen molar-refractivity contribution in [1.29, 1.82) is 0 Å². The zero-order chi connectivity index (χ0) is 15.7. The molecule has 114 valence electrons. The standard InChI is InChI=1S/C4H6N4O12/c9-5(10)17-1-3(19-7(13)14)4(20-8(15)16)2-18-6(11)12/h3-4H,1-2H2/t3-,4-/m1/s1. The van der Waals surface area contributed by atoms with Crippen molar-refractivity contribution in [3.05, 3.63) is 40.5 Å². The molecule has 0 spiro atoms. The van der Waals surface area contributed by atoms with E-state index < -0.39 is 45.8 Å². The van der Waals surface area contributed by atoms with Crippen LogP contribution < -0.4 is 0 Å². The molecule has 2 atom stereocenters. The summed E-state index contributed by atoms with van der Waals surface area (Å²) >= 11 is 0. The molecule has 20 heavy (non-hydrogen) atoms. The molecule has 0 aliphatic heterocycles. The molecule has 0 bridgehead atoms. The third-order valence-electron chi connectivity index (χ3n) is 1.55. The predicted molar refractivity (Wildman–Crippen MR) is 49.6 cm³/mol. The van der Waals surface area contributed by atoms with Crippen LogP contribution in [0.3, 0.4) is 0 Å². The van der Waals surface area contributed by atoms with Crippen LogP contribution >= 0.6 is 0 Å². The summed E-state index contributed by atoms with van der Waals surface area (Å²) in [6, 6.07) is 0. The molecule has 0 aliphatic carbocycles. The predicted octanol–water partition coefficient (Wildman–Crippen LogP) is -1.44. The lowest BCUT2D eigenvalue weighted by molar-refractivity contribution is -0.818. The van der Waals surface area contributed by atoms with Crippen LogP contribution in [0.15, 0.2) is 0 Å². The Morgan fingerprint density at radius 1 is 0.650 bits per heavy atom. The largest absolute Gasteiger partial charge is 0.311 e. The molecule has 0 aromatic rings. The average molecular weight is 302 g/mol.